The van der Waals surface area contributed by atoms with Gasteiger partial charge in [-0.25, -0.2) is 9.13 Å². The van der Waals surface area contributed by atoms with Crippen LogP contribution in [0.3, 0.4) is 0 Å². The van der Waals surface area contributed by atoms with E-state index in [0.29, 0.717) is 31.6 Å². The molecule has 6 atom stereocenters. The number of phosphoric ester groups is 2. The Bertz CT molecular complexity index is 2040. The number of esters is 4. The van der Waals surface area contributed by atoms with Crippen LogP contribution in [0.25, 0.3) is 0 Å². The minimum absolute atomic E-state index is 0.100. The van der Waals surface area contributed by atoms with Crippen LogP contribution in [0.5, 0.6) is 0 Å². The van der Waals surface area contributed by atoms with Gasteiger partial charge in [-0.1, -0.05) is 342 Å². The van der Waals surface area contributed by atoms with Crippen LogP contribution in [0.2, 0.25) is 0 Å². The van der Waals surface area contributed by atoms with Crippen LogP contribution in [-0.2, 0) is 65.4 Å². The fraction of sp³-hybridized carbons (Fsp3) is 0.901. The summed E-state index contributed by atoms with van der Waals surface area (Å²) < 4.78 is 68.7. The second kappa shape index (κ2) is 70.8. The van der Waals surface area contributed by atoms with Gasteiger partial charge in [0, 0.05) is 25.7 Å². The molecule has 0 aromatic rings. The maximum Gasteiger partial charge on any atom is 0.472 e. The molecule has 0 heterocycles. The highest BCUT2D eigenvalue weighted by atomic mass is 31.2. The predicted molar refractivity (Wildman–Crippen MR) is 409 cm³/mol. The van der Waals surface area contributed by atoms with E-state index in [0.717, 1.165) is 127 Å². The number of ether oxygens (including phenoxy) is 4. The summed E-state index contributed by atoms with van der Waals surface area (Å²) in [6.45, 7) is 11.9. The number of hydrogen-bond donors (Lipinski definition) is 3. The molecule has 0 radical (unpaired) electrons. The third-order valence-electron chi connectivity index (χ3n) is 18.6. The molecule has 0 aliphatic rings. The van der Waals surface area contributed by atoms with Gasteiger partial charge in [0.15, 0.2) is 12.2 Å². The summed E-state index contributed by atoms with van der Waals surface area (Å²) in [4.78, 5) is 73.0. The molecule has 0 aliphatic heterocycles. The molecule has 0 spiro atoms. The molecule has 0 fully saturated rings. The normalized spacial score (nSPS) is 14.4. The smallest absolute Gasteiger partial charge is 0.462 e. The lowest BCUT2D eigenvalue weighted by Gasteiger charge is -2.21. The Balaban J connectivity index is 5.28. The molecule has 17 nitrogen and oxygen atoms in total. The Morgan fingerprint density at radius 2 is 0.590 bits per heavy atom. The number of carbonyl (C=O) groups excluding carboxylic acids is 4. The molecule has 0 rings (SSSR count). The molecule has 0 aromatic carbocycles. The first kappa shape index (κ1) is 97.5. The van der Waals surface area contributed by atoms with Crippen molar-refractivity contribution in [3.05, 3.63) is 24.3 Å². The zero-order chi connectivity index (χ0) is 73.7. The van der Waals surface area contributed by atoms with Gasteiger partial charge in [0.25, 0.3) is 0 Å². The summed E-state index contributed by atoms with van der Waals surface area (Å²) in [6, 6.07) is 0. The molecule has 0 amide bonds. The van der Waals surface area contributed by atoms with E-state index < -0.39 is 97.5 Å². The summed E-state index contributed by atoms with van der Waals surface area (Å²) in [6.07, 6.45) is 61.8. The molecule has 4 unspecified atom stereocenters. The largest absolute Gasteiger partial charge is 0.472 e. The molecule has 0 saturated heterocycles. The average molecular weight is 1460 g/mol. The van der Waals surface area contributed by atoms with Gasteiger partial charge in [-0.15, -0.1) is 0 Å². The van der Waals surface area contributed by atoms with Gasteiger partial charge in [0.05, 0.1) is 26.4 Å². The molecule has 0 bridgehead atoms. The first-order valence-electron chi connectivity index (χ1n) is 41.2. The summed E-state index contributed by atoms with van der Waals surface area (Å²) in [5.74, 6) is 0.199. The fourth-order valence-corrected chi connectivity index (χ4v) is 13.5. The lowest BCUT2D eigenvalue weighted by atomic mass is 9.99. The van der Waals surface area contributed by atoms with Crippen LogP contribution < -0.4 is 0 Å². The number of unbranched alkanes of at least 4 members (excludes halogenated alkanes) is 41. The number of rotatable bonds is 77. The molecule has 100 heavy (non-hydrogen) atoms. The van der Waals surface area contributed by atoms with E-state index in [2.05, 4.69) is 72.8 Å². The summed E-state index contributed by atoms with van der Waals surface area (Å²) in [7, 11) is -9.93. The van der Waals surface area contributed by atoms with Gasteiger partial charge < -0.3 is 33.8 Å². The lowest BCUT2D eigenvalue weighted by molar-refractivity contribution is -0.161. The Hall–Kier alpha value is -2.46. The number of allylic oxidation sites excluding steroid dienone is 4. The first-order chi connectivity index (χ1) is 48.3. The SMILES string of the molecule is CCCCCC/C=C\C=C/CCCCCCCC(=O)OC[C@H](COP(=O)(O)OCC(O)COP(=O)(O)OC[C@@H](COC(=O)CCCCCCCCCC(C)C)OC(=O)CCCCCCCCCCCCCCCCC(C)CC)OC(=O)CCCCCCCCCCCCCCCCC(C)C. The predicted octanol–water partition coefficient (Wildman–Crippen LogP) is 23.7. The monoisotopic (exact) mass is 1460 g/mol. The van der Waals surface area contributed by atoms with Crippen molar-refractivity contribution in [2.45, 2.75) is 414 Å². The van der Waals surface area contributed by atoms with Crippen molar-refractivity contribution in [3.8, 4) is 0 Å². The van der Waals surface area contributed by atoms with Gasteiger partial charge in [-0.05, 0) is 69.1 Å². The highest BCUT2D eigenvalue weighted by molar-refractivity contribution is 7.47. The van der Waals surface area contributed by atoms with Crippen LogP contribution in [0, 0.1) is 17.8 Å². The third-order valence-corrected chi connectivity index (χ3v) is 20.5. The topological polar surface area (TPSA) is 237 Å². The van der Waals surface area contributed by atoms with E-state index in [-0.39, 0.29) is 25.7 Å². The van der Waals surface area contributed by atoms with Crippen molar-refractivity contribution in [1.29, 1.82) is 0 Å². The number of aliphatic hydroxyl groups excluding tert-OH is 1. The highest BCUT2D eigenvalue weighted by Crippen LogP contribution is 2.45. The molecule has 0 saturated carbocycles. The summed E-state index contributed by atoms with van der Waals surface area (Å²) >= 11 is 0. The number of carbonyl (C=O) groups is 4. The molecule has 590 valence electrons. The Morgan fingerprint density at radius 3 is 0.890 bits per heavy atom. The molecular formula is C81H154O17P2. The average Bonchev–Trinajstić information content (AvgIpc) is 1.07. The summed E-state index contributed by atoms with van der Waals surface area (Å²) in [5, 5.41) is 10.6. The van der Waals surface area contributed by atoms with Crippen LogP contribution in [-0.4, -0.2) is 96.7 Å². The zero-order valence-electron chi connectivity index (χ0n) is 65.2. The Labute approximate surface area is 612 Å². The zero-order valence-corrected chi connectivity index (χ0v) is 66.9. The van der Waals surface area contributed by atoms with Gasteiger partial charge in [0.1, 0.15) is 19.3 Å². The van der Waals surface area contributed by atoms with Gasteiger partial charge in [0.2, 0.25) is 0 Å². The second-order valence-corrected chi connectivity index (χ2v) is 32.6. The van der Waals surface area contributed by atoms with Crippen molar-refractivity contribution in [3.63, 3.8) is 0 Å². The van der Waals surface area contributed by atoms with E-state index >= 15 is 0 Å². The second-order valence-electron chi connectivity index (χ2n) is 29.7. The minimum atomic E-state index is -4.97. The quantitative estimate of drug-likeness (QED) is 0.0169. The van der Waals surface area contributed by atoms with Crippen molar-refractivity contribution >= 4 is 39.5 Å². The maximum absolute atomic E-state index is 13.1. The number of aliphatic hydroxyl groups is 1. The van der Waals surface area contributed by atoms with Crippen molar-refractivity contribution in [2.24, 2.45) is 17.8 Å². The van der Waals surface area contributed by atoms with E-state index in [1.54, 1.807) is 0 Å². The Kier molecular flexibility index (Phi) is 69.1. The van der Waals surface area contributed by atoms with Gasteiger partial charge >= 0.3 is 39.5 Å². The number of phosphoric acid groups is 2. The molecule has 0 aromatic heterocycles. The minimum Gasteiger partial charge on any atom is -0.462 e. The van der Waals surface area contributed by atoms with E-state index in [4.69, 9.17) is 37.0 Å². The van der Waals surface area contributed by atoms with E-state index in [9.17, 15) is 43.2 Å². The number of hydrogen-bond acceptors (Lipinski definition) is 15. The molecular weight excluding hydrogens is 1310 g/mol. The van der Waals surface area contributed by atoms with Gasteiger partial charge in [-0.3, -0.25) is 37.3 Å². The highest BCUT2D eigenvalue weighted by Gasteiger charge is 2.30. The third kappa shape index (κ3) is 72.5. The van der Waals surface area contributed by atoms with E-state index in [1.807, 2.05) is 0 Å². The molecule has 3 N–H and O–H groups in total. The van der Waals surface area contributed by atoms with Gasteiger partial charge in [-0.2, -0.15) is 0 Å². The maximum atomic E-state index is 13.1. The van der Waals surface area contributed by atoms with Crippen LogP contribution in [0.4, 0.5) is 0 Å². The van der Waals surface area contributed by atoms with Crippen LogP contribution >= 0.6 is 15.6 Å². The van der Waals surface area contributed by atoms with E-state index in [1.165, 1.54) is 180 Å². The fourth-order valence-electron chi connectivity index (χ4n) is 11.9. The summed E-state index contributed by atoms with van der Waals surface area (Å²) in [5.41, 5.74) is 0. The van der Waals surface area contributed by atoms with Crippen molar-refractivity contribution < 1.29 is 80.2 Å². The molecule has 0 aliphatic carbocycles. The van der Waals surface area contributed by atoms with Crippen molar-refractivity contribution in [1.82, 2.24) is 0 Å². The van der Waals surface area contributed by atoms with Crippen molar-refractivity contribution in [2.75, 3.05) is 39.6 Å². The Morgan fingerprint density at radius 1 is 0.330 bits per heavy atom. The van der Waals surface area contributed by atoms with Crippen LogP contribution in [0.1, 0.15) is 395 Å². The lowest BCUT2D eigenvalue weighted by Crippen LogP contribution is -2.30. The van der Waals surface area contributed by atoms with Crippen LogP contribution in [0.15, 0.2) is 24.3 Å². The molecule has 19 heteroatoms. The first-order valence-corrected chi connectivity index (χ1v) is 44.2. The standard InChI is InChI=1S/C81H154O17P2/c1-8-10-11-12-13-14-15-16-17-24-29-34-41-48-55-62-78(83)91-68-76(97-80(85)64-57-50-42-35-30-25-20-18-22-27-32-38-45-52-59-72(3)4)70-95-99(87,88)93-66-75(82)67-94-100(89,90)96-71-77(69-92-79(84)63-56-49-44-37-39-46-53-60-73(5)6)98-81(86)65-58-51-43-36-31-26-21-19-23-28-33-40-47-54-61-74(7)9-2/h14-17,72-77,82H,8-13,18-71H2,1-7H3,(H,87,88)(H,89,90)/b15-14-,17-16-/t74?,75?,76-,77-/m1/s1.